The Hall–Kier alpha value is -2.85. The maximum atomic E-state index is 12.8. The number of benzene rings is 2. The molecule has 1 fully saturated rings. The lowest BCUT2D eigenvalue weighted by atomic mass is 10.1. The maximum Gasteiger partial charge on any atom is 0.293 e. The Kier molecular flexibility index (Phi) is 7.92. The Morgan fingerprint density at radius 2 is 1.88 bits per heavy atom. The minimum absolute atomic E-state index is 0.0394. The highest BCUT2D eigenvalue weighted by Crippen LogP contribution is 2.39. The number of hydrogen-bond donors (Lipinski definition) is 0. The molecule has 0 unspecified atom stereocenters. The van der Waals surface area contributed by atoms with E-state index in [0.29, 0.717) is 40.3 Å². The Morgan fingerprint density at radius 3 is 2.50 bits per heavy atom. The summed E-state index contributed by atoms with van der Waals surface area (Å²) in [4.78, 5) is 37.0. The van der Waals surface area contributed by atoms with Crippen LogP contribution in [0.4, 0.5) is 10.5 Å². The molecule has 2 aromatic carbocycles. The quantitative estimate of drug-likeness (QED) is 0.234. The van der Waals surface area contributed by atoms with E-state index >= 15 is 0 Å². The van der Waals surface area contributed by atoms with Crippen LogP contribution in [0, 0.1) is 10.1 Å². The van der Waals surface area contributed by atoms with Crippen LogP contribution in [0.15, 0.2) is 45.8 Å². The second-order valence-corrected chi connectivity index (χ2v) is 8.65. The first kappa shape index (κ1) is 23.8. The molecule has 2 aromatic rings. The summed E-state index contributed by atoms with van der Waals surface area (Å²) in [7, 11) is 0. The lowest BCUT2D eigenvalue weighted by Crippen LogP contribution is -2.27. The molecule has 3 rings (SSSR count). The predicted molar refractivity (Wildman–Crippen MR) is 126 cm³/mol. The topological polar surface area (TPSA) is 99.0 Å². The number of rotatable bonds is 9. The Balaban J connectivity index is 1.82. The van der Waals surface area contributed by atoms with E-state index in [-0.39, 0.29) is 17.1 Å². The summed E-state index contributed by atoms with van der Waals surface area (Å²) in [6.45, 7) is 4.91. The van der Waals surface area contributed by atoms with Gasteiger partial charge in [0.15, 0.2) is 11.5 Å². The summed E-state index contributed by atoms with van der Waals surface area (Å²) in [6, 6.07) is 9.33. The van der Waals surface area contributed by atoms with E-state index in [1.165, 1.54) is 24.3 Å². The van der Waals surface area contributed by atoms with Crippen molar-refractivity contribution in [1.29, 1.82) is 0 Å². The van der Waals surface area contributed by atoms with E-state index in [1.807, 2.05) is 13.8 Å². The predicted octanol–water partition coefficient (Wildman–Crippen LogP) is 5.78. The number of nitro benzene ring substituents is 1. The van der Waals surface area contributed by atoms with Crippen molar-refractivity contribution in [2.24, 2.45) is 0 Å². The minimum atomic E-state index is -0.500. The summed E-state index contributed by atoms with van der Waals surface area (Å²) in [5.74, 6) is 0.725. The number of ether oxygens (including phenoxy) is 2. The van der Waals surface area contributed by atoms with Crippen molar-refractivity contribution in [1.82, 2.24) is 4.90 Å². The number of imide groups is 1. The highest BCUT2D eigenvalue weighted by molar-refractivity contribution is 9.10. The number of non-ortho nitro benzene ring substituents is 1. The van der Waals surface area contributed by atoms with Gasteiger partial charge in [-0.1, -0.05) is 19.1 Å². The zero-order valence-corrected chi connectivity index (χ0v) is 19.9. The summed E-state index contributed by atoms with van der Waals surface area (Å²) >= 11 is 4.35. The fourth-order valence-corrected chi connectivity index (χ4v) is 4.38. The molecule has 8 nitrogen and oxygen atoms in total. The highest BCUT2D eigenvalue weighted by atomic mass is 79.9. The van der Waals surface area contributed by atoms with E-state index in [1.54, 1.807) is 18.2 Å². The molecule has 1 saturated heterocycles. The molecule has 0 aromatic heterocycles. The molecular formula is C22H21BrN2O6S. The van der Waals surface area contributed by atoms with Crippen LogP contribution in [-0.2, 0) is 11.3 Å². The van der Waals surface area contributed by atoms with Crippen LogP contribution in [0.5, 0.6) is 11.5 Å². The van der Waals surface area contributed by atoms with E-state index in [4.69, 9.17) is 9.47 Å². The average Bonchev–Trinajstić information content (AvgIpc) is 3.01. The molecule has 0 spiro atoms. The van der Waals surface area contributed by atoms with Gasteiger partial charge in [-0.2, -0.15) is 0 Å². The number of carbonyl (C=O) groups is 2. The monoisotopic (exact) mass is 520 g/mol. The van der Waals surface area contributed by atoms with Crippen molar-refractivity contribution in [3.8, 4) is 11.5 Å². The summed E-state index contributed by atoms with van der Waals surface area (Å²) in [6.07, 6.45) is 2.49. The van der Waals surface area contributed by atoms with Gasteiger partial charge in [0.1, 0.15) is 0 Å². The molecule has 0 saturated carbocycles. The third-order valence-electron chi connectivity index (χ3n) is 4.44. The van der Waals surface area contributed by atoms with Gasteiger partial charge in [0.25, 0.3) is 16.8 Å². The molecule has 32 heavy (non-hydrogen) atoms. The number of nitro groups is 1. The largest absolute Gasteiger partial charge is 0.490 e. The molecule has 1 aliphatic heterocycles. The molecule has 0 aliphatic carbocycles. The molecule has 2 amide bonds. The number of nitrogens with zero attached hydrogens (tertiary/aromatic N) is 2. The first-order valence-corrected chi connectivity index (χ1v) is 11.5. The average molecular weight is 521 g/mol. The first-order valence-electron chi connectivity index (χ1n) is 9.91. The van der Waals surface area contributed by atoms with Crippen molar-refractivity contribution in [3.63, 3.8) is 0 Å². The number of carbonyl (C=O) groups excluding carboxylic acids is 2. The summed E-state index contributed by atoms with van der Waals surface area (Å²) < 4.78 is 12.2. The number of thioether (sulfide) groups is 1. The number of amides is 2. The first-order chi connectivity index (χ1) is 15.3. The second kappa shape index (κ2) is 10.6. The van der Waals surface area contributed by atoms with Gasteiger partial charge in [-0.25, -0.2) is 0 Å². The van der Waals surface area contributed by atoms with Crippen molar-refractivity contribution >= 4 is 50.6 Å². The Morgan fingerprint density at radius 1 is 1.16 bits per heavy atom. The normalized spacial score (nSPS) is 14.8. The highest BCUT2D eigenvalue weighted by Gasteiger charge is 2.35. The van der Waals surface area contributed by atoms with Crippen LogP contribution in [0.2, 0.25) is 0 Å². The van der Waals surface area contributed by atoms with Gasteiger partial charge in [0.2, 0.25) is 0 Å². The van der Waals surface area contributed by atoms with Crippen LogP contribution in [0.1, 0.15) is 31.4 Å². The van der Waals surface area contributed by atoms with Crippen molar-refractivity contribution in [2.75, 3.05) is 13.2 Å². The van der Waals surface area contributed by atoms with E-state index in [9.17, 15) is 19.7 Å². The summed E-state index contributed by atoms with van der Waals surface area (Å²) in [5, 5.41) is 10.4. The van der Waals surface area contributed by atoms with Gasteiger partial charge >= 0.3 is 0 Å². The standard InChI is InChI=1S/C22H21BrN2O6S/c1-3-9-31-20-17(23)10-15(11-18(20)30-4-2)12-19-21(26)24(22(27)32-19)13-14-5-7-16(8-6-14)25(28)29/h5-8,10-12H,3-4,9,13H2,1-2H3/b19-12-. The number of halogens is 1. The summed E-state index contributed by atoms with van der Waals surface area (Å²) in [5.41, 5.74) is 1.26. The lowest BCUT2D eigenvalue weighted by Gasteiger charge is -2.14. The van der Waals surface area contributed by atoms with Gasteiger partial charge in [0, 0.05) is 12.1 Å². The third-order valence-corrected chi connectivity index (χ3v) is 5.94. The van der Waals surface area contributed by atoms with Crippen LogP contribution in [-0.4, -0.2) is 34.2 Å². The second-order valence-electron chi connectivity index (χ2n) is 6.80. The fourth-order valence-electron chi connectivity index (χ4n) is 2.97. The maximum absolute atomic E-state index is 12.8. The molecule has 0 atom stereocenters. The van der Waals surface area contributed by atoms with Crippen LogP contribution < -0.4 is 9.47 Å². The van der Waals surface area contributed by atoms with Crippen molar-refractivity contribution in [2.45, 2.75) is 26.8 Å². The van der Waals surface area contributed by atoms with Gasteiger partial charge in [-0.15, -0.1) is 0 Å². The SMILES string of the molecule is CCCOc1c(Br)cc(/C=C2\SC(=O)N(Cc3ccc([N+](=O)[O-])cc3)C2=O)cc1OCC. The molecule has 168 valence electrons. The van der Waals surface area contributed by atoms with E-state index < -0.39 is 16.1 Å². The fraction of sp³-hybridized carbons (Fsp3) is 0.273. The molecule has 10 heteroatoms. The van der Waals surface area contributed by atoms with E-state index in [2.05, 4.69) is 15.9 Å². The van der Waals surface area contributed by atoms with Gasteiger partial charge in [-0.05, 0) is 70.4 Å². The minimum Gasteiger partial charge on any atom is -0.490 e. The van der Waals surface area contributed by atoms with E-state index in [0.717, 1.165) is 23.1 Å². The zero-order chi connectivity index (χ0) is 23.3. The third kappa shape index (κ3) is 5.49. The Bertz CT molecular complexity index is 1070. The molecule has 0 N–H and O–H groups in total. The molecule has 0 bridgehead atoms. The van der Waals surface area contributed by atoms with Crippen LogP contribution >= 0.6 is 27.7 Å². The molecule has 1 heterocycles. The van der Waals surface area contributed by atoms with Gasteiger partial charge < -0.3 is 9.47 Å². The smallest absolute Gasteiger partial charge is 0.293 e. The van der Waals surface area contributed by atoms with Crippen molar-refractivity contribution < 1.29 is 24.0 Å². The van der Waals surface area contributed by atoms with Gasteiger partial charge in [0.05, 0.1) is 34.1 Å². The molecular weight excluding hydrogens is 500 g/mol. The lowest BCUT2D eigenvalue weighted by molar-refractivity contribution is -0.384. The van der Waals surface area contributed by atoms with Crippen LogP contribution in [0.25, 0.3) is 6.08 Å². The van der Waals surface area contributed by atoms with Crippen molar-refractivity contribution in [3.05, 3.63) is 67.0 Å². The molecule has 0 radical (unpaired) electrons. The Labute approximate surface area is 197 Å². The van der Waals surface area contributed by atoms with Gasteiger partial charge in [-0.3, -0.25) is 24.6 Å². The molecule has 1 aliphatic rings. The van der Waals surface area contributed by atoms with Crippen LogP contribution in [0.3, 0.4) is 0 Å². The number of hydrogen-bond acceptors (Lipinski definition) is 7. The zero-order valence-electron chi connectivity index (χ0n) is 17.5.